The van der Waals surface area contributed by atoms with Gasteiger partial charge in [-0.15, -0.1) is 11.8 Å². The Hall–Kier alpha value is -2.87. The molecule has 8 heteroatoms. The van der Waals surface area contributed by atoms with Gasteiger partial charge in [-0.2, -0.15) is 0 Å². The molecule has 2 aliphatic heterocycles. The highest BCUT2D eigenvalue weighted by Crippen LogP contribution is 2.54. The number of hydrogen-bond donors (Lipinski definition) is 1. The Bertz CT molecular complexity index is 886. The maximum absolute atomic E-state index is 12.8. The van der Waals surface area contributed by atoms with E-state index in [4.69, 9.17) is 0 Å². The van der Waals surface area contributed by atoms with Gasteiger partial charge in [0.1, 0.15) is 0 Å². The number of carbonyl (C=O) groups excluding carboxylic acids is 2. The van der Waals surface area contributed by atoms with Crippen LogP contribution in [0.5, 0.6) is 0 Å². The third kappa shape index (κ3) is 1.86. The van der Waals surface area contributed by atoms with Gasteiger partial charge in [0, 0.05) is 29.1 Å². The molecule has 24 heavy (non-hydrogen) atoms. The van der Waals surface area contributed by atoms with Gasteiger partial charge in [0.05, 0.1) is 10.7 Å². The predicted octanol–water partition coefficient (Wildman–Crippen LogP) is 2.48. The number of carbonyl (C=O) groups is 2. The van der Waals surface area contributed by atoms with E-state index in [9.17, 15) is 19.7 Å². The lowest BCUT2D eigenvalue weighted by molar-refractivity contribution is -0.384. The second-order valence-electron chi connectivity index (χ2n) is 5.44. The van der Waals surface area contributed by atoms with Crippen molar-refractivity contribution in [1.29, 1.82) is 0 Å². The molecule has 2 heterocycles. The van der Waals surface area contributed by atoms with Crippen LogP contribution >= 0.6 is 11.8 Å². The fourth-order valence-electron chi connectivity index (χ4n) is 3.10. The van der Waals surface area contributed by atoms with Crippen LogP contribution in [-0.2, 0) is 14.5 Å². The summed E-state index contributed by atoms with van der Waals surface area (Å²) in [7, 11) is 0. The normalized spacial score (nSPS) is 21.9. The fraction of sp³-hybridized carbons (Fsp3) is 0.125. The molecule has 1 fully saturated rings. The summed E-state index contributed by atoms with van der Waals surface area (Å²) < 4.78 is 0. The first-order valence-corrected chi connectivity index (χ1v) is 8.15. The second kappa shape index (κ2) is 5.07. The Labute approximate surface area is 140 Å². The van der Waals surface area contributed by atoms with Crippen LogP contribution in [0.4, 0.5) is 17.1 Å². The lowest BCUT2D eigenvalue weighted by atomic mass is 10.0. The second-order valence-corrected chi connectivity index (χ2v) is 6.61. The van der Waals surface area contributed by atoms with E-state index in [1.165, 1.54) is 34.9 Å². The van der Waals surface area contributed by atoms with Gasteiger partial charge >= 0.3 is 0 Å². The molecule has 2 aromatic carbocycles. The summed E-state index contributed by atoms with van der Waals surface area (Å²) in [6, 6.07) is 13.1. The summed E-state index contributed by atoms with van der Waals surface area (Å²) in [6.45, 7) is 0. The molecule has 2 aliphatic rings. The number of fused-ring (bicyclic) bond motifs is 2. The molecule has 1 unspecified atom stereocenters. The van der Waals surface area contributed by atoms with Gasteiger partial charge in [0.25, 0.3) is 11.6 Å². The molecular weight excluding hydrogens is 330 g/mol. The maximum atomic E-state index is 12.8. The Kier molecular flexibility index (Phi) is 3.10. The fourth-order valence-corrected chi connectivity index (χ4v) is 4.41. The standard InChI is InChI=1S/C16H11N3O4S/c20-14-9-24-16(18(14)10-4-2-1-3-5-10)12-8-11(19(22)23)6-7-13(12)17-15(16)21/h1-8H,9H2,(H,17,21). The van der Waals surface area contributed by atoms with Gasteiger partial charge in [-0.05, 0) is 18.2 Å². The Morgan fingerprint density at radius 1 is 1.17 bits per heavy atom. The number of non-ortho nitro benzene ring substituents is 1. The average molecular weight is 341 g/mol. The molecule has 2 amide bonds. The highest BCUT2D eigenvalue weighted by Gasteiger charge is 2.58. The third-order valence-electron chi connectivity index (χ3n) is 4.12. The summed E-state index contributed by atoms with van der Waals surface area (Å²) in [5.74, 6) is -0.442. The molecule has 0 aliphatic carbocycles. The van der Waals surface area contributed by atoms with E-state index in [2.05, 4.69) is 5.32 Å². The van der Waals surface area contributed by atoms with E-state index in [0.717, 1.165) is 0 Å². The predicted molar refractivity (Wildman–Crippen MR) is 89.8 cm³/mol. The zero-order valence-electron chi connectivity index (χ0n) is 12.3. The maximum Gasteiger partial charge on any atom is 0.269 e. The van der Waals surface area contributed by atoms with Crippen molar-refractivity contribution in [2.24, 2.45) is 0 Å². The van der Waals surface area contributed by atoms with Gasteiger partial charge in [0.15, 0.2) is 0 Å². The average Bonchev–Trinajstić information content (AvgIpc) is 3.07. The van der Waals surface area contributed by atoms with Crippen LogP contribution in [0.25, 0.3) is 0 Å². The van der Waals surface area contributed by atoms with Crippen LogP contribution in [0.1, 0.15) is 5.56 Å². The quantitative estimate of drug-likeness (QED) is 0.669. The van der Waals surface area contributed by atoms with Gasteiger partial charge in [-0.3, -0.25) is 24.6 Å². The molecule has 4 rings (SSSR count). The number of rotatable bonds is 2. The minimum atomic E-state index is -1.31. The summed E-state index contributed by atoms with van der Waals surface area (Å²) in [6.07, 6.45) is 0. The van der Waals surface area contributed by atoms with E-state index in [1.807, 2.05) is 6.07 Å². The number of nitrogens with one attached hydrogen (secondary N) is 1. The number of para-hydroxylation sites is 1. The minimum Gasteiger partial charge on any atom is -0.323 e. The molecule has 0 saturated carbocycles. The van der Waals surface area contributed by atoms with Crippen molar-refractivity contribution in [1.82, 2.24) is 0 Å². The largest absolute Gasteiger partial charge is 0.323 e. The van der Waals surface area contributed by atoms with Crippen LogP contribution in [0, 0.1) is 10.1 Å². The number of hydrogen-bond acceptors (Lipinski definition) is 5. The zero-order valence-corrected chi connectivity index (χ0v) is 13.1. The van der Waals surface area contributed by atoms with Crippen molar-refractivity contribution in [3.8, 4) is 0 Å². The number of nitrogens with zero attached hydrogens (tertiary/aromatic N) is 2. The number of anilines is 2. The van der Waals surface area contributed by atoms with Crippen LogP contribution in [-0.4, -0.2) is 22.5 Å². The Morgan fingerprint density at radius 2 is 1.92 bits per heavy atom. The third-order valence-corrected chi connectivity index (χ3v) is 5.52. The van der Waals surface area contributed by atoms with Crippen LogP contribution in [0.3, 0.4) is 0 Å². The molecule has 0 aromatic heterocycles. The van der Waals surface area contributed by atoms with Gasteiger partial charge in [0.2, 0.25) is 10.8 Å². The number of thioether (sulfide) groups is 1. The van der Waals surface area contributed by atoms with Gasteiger partial charge in [-0.1, -0.05) is 18.2 Å². The minimum absolute atomic E-state index is 0.113. The van der Waals surface area contributed by atoms with Crippen molar-refractivity contribution in [3.05, 3.63) is 64.2 Å². The lowest BCUT2D eigenvalue weighted by Crippen LogP contribution is -2.47. The number of nitro groups is 1. The molecule has 1 atom stereocenters. The smallest absolute Gasteiger partial charge is 0.269 e. The number of amides is 2. The molecule has 1 saturated heterocycles. The molecule has 120 valence electrons. The van der Waals surface area contributed by atoms with Crippen LogP contribution in [0.2, 0.25) is 0 Å². The van der Waals surface area contributed by atoms with Crippen molar-refractivity contribution in [3.63, 3.8) is 0 Å². The van der Waals surface area contributed by atoms with Crippen LogP contribution in [0.15, 0.2) is 48.5 Å². The Morgan fingerprint density at radius 3 is 2.62 bits per heavy atom. The lowest BCUT2D eigenvalue weighted by Gasteiger charge is -2.32. The first-order chi connectivity index (χ1) is 11.5. The molecule has 2 aromatic rings. The van der Waals surface area contributed by atoms with E-state index in [1.54, 1.807) is 24.3 Å². The van der Waals surface area contributed by atoms with Crippen molar-refractivity contribution in [2.45, 2.75) is 4.87 Å². The molecule has 7 nitrogen and oxygen atoms in total. The molecule has 1 spiro atoms. The molecule has 1 N–H and O–H groups in total. The van der Waals surface area contributed by atoms with E-state index in [-0.39, 0.29) is 23.3 Å². The topological polar surface area (TPSA) is 92.5 Å². The van der Waals surface area contributed by atoms with Gasteiger partial charge in [-0.25, -0.2) is 0 Å². The van der Waals surface area contributed by atoms with E-state index < -0.39 is 9.79 Å². The van der Waals surface area contributed by atoms with Crippen LogP contribution < -0.4 is 10.2 Å². The zero-order chi connectivity index (χ0) is 16.9. The summed E-state index contributed by atoms with van der Waals surface area (Å²) in [4.78, 5) is 36.0. The van der Waals surface area contributed by atoms with Gasteiger partial charge < -0.3 is 5.32 Å². The molecule has 0 radical (unpaired) electrons. The van der Waals surface area contributed by atoms with E-state index >= 15 is 0 Å². The molecular formula is C16H11N3O4S. The van der Waals surface area contributed by atoms with Crippen molar-refractivity contribution >= 4 is 40.6 Å². The van der Waals surface area contributed by atoms with E-state index in [0.29, 0.717) is 16.9 Å². The SMILES string of the molecule is O=C1CSC2(C(=O)Nc3ccc([N+](=O)[O-])cc32)N1c1ccccc1. The monoisotopic (exact) mass is 341 g/mol. The number of nitro benzene ring substituents is 1. The first-order valence-electron chi connectivity index (χ1n) is 7.16. The Balaban J connectivity index is 1.94. The van der Waals surface area contributed by atoms with Crippen molar-refractivity contribution < 1.29 is 14.5 Å². The first kappa shape index (κ1) is 14.7. The summed E-state index contributed by atoms with van der Waals surface area (Å²) in [5.41, 5.74) is 1.41. The number of benzene rings is 2. The highest BCUT2D eigenvalue weighted by molar-refractivity contribution is 8.02. The summed E-state index contributed by atoms with van der Waals surface area (Å²) >= 11 is 1.18. The van der Waals surface area contributed by atoms with Crippen molar-refractivity contribution in [2.75, 3.05) is 16.0 Å². The summed E-state index contributed by atoms with van der Waals surface area (Å²) in [5, 5.41) is 13.9. The highest BCUT2D eigenvalue weighted by atomic mass is 32.2. The molecule has 0 bridgehead atoms.